The second-order valence-corrected chi connectivity index (χ2v) is 7.31. The monoisotopic (exact) mass is 314 g/mol. The van der Waals surface area contributed by atoms with E-state index >= 15 is 0 Å². The summed E-state index contributed by atoms with van der Waals surface area (Å²) in [5, 5.41) is 4.94. The highest BCUT2D eigenvalue weighted by molar-refractivity contribution is 7.89. The number of hydrogen-bond donors (Lipinski definition) is 1. The van der Waals surface area contributed by atoms with E-state index in [9.17, 15) is 13.2 Å². The van der Waals surface area contributed by atoms with Crippen molar-refractivity contribution < 1.29 is 13.2 Å². The number of imidazole rings is 1. The highest BCUT2D eigenvalue weighted by Gasteiger charge is 2.23. The Hall–Kier alpha value is -1.41. The third-order valence-electron chi connectivity index (χ3n) is 3.72. The Morgan fingerprint density at radius 2 is 2.24 bits per heavy atom. The molecule has 2 N–H and O–H groups in total. The van der Waals surface area contributed by atoms with E-state index in [1.807, 2.05) is 15.7 Å². The highest BCUT2D eigenvalue weighted by atomic mass is 32.2. The van der Waals surface area contributed by atoms with Gasteiger partial charge in [-0.2, -0.15) is 0 Å². The van der Waals surface area contributed by atoms with Gasteiger partial charge in [-0.3, -0.25) is 4.79 Å². The molecule has 0 bridgehead atoms. The number of hydrogen-bond acceptors (Lipinski definition) is 4. The van der Waals surface area contributed by atoms with E-state index in [2.05, 4.69) is 4.98 Å². The van der Waals surface area contributed by atoms with Crippen LogP contribution >= 0.6 is 0 Å². The molecule has 2 rings (SSSR count). The van der Waals surface area contributed by atoms with Gasteiger partial charge in [-0.15, -0.1) is 0 Å². The smallest absolute Gasteiger partial charge is 0.222 e. The number of carbonyl (C=O) groups excluding carboxylic acids is 1. The molecule has 118 valence electrons. The van der Waals surface area contributed by atoms with Crippen LogP contribution < -0.4 is 5.14 Å². The number of sulfonamides is 1. The molecule has 2 heterocycles. The SMILES string of the molecule is NS(=O)(=O)CCCC(=O)N1CCCC(Cn2ccnc2)C1. The van der Waals surface area contributed by atoms with Crippen LogP contribution in [-0.4, -0.2) is 47.6 Å². The molecule has 0 aliphatic carbocycles. The standard InChI is InChI=1S/C13H22N4O3S/c14-21(19,20)8-2-4-13(18)17-6-1-3-12(10-17)9-16-7-5-15-11-16/h5,7,11-12H,1-4,6,8-10H2,(H2,14,19,20). The van der Waals surface area contributed by atoms with Crippen LogP contribution in [0.3, 0.4) is 0 Å². The van der Waals surface area contributed by atoms with E-state index in [1.54, 1.807) is 12.5 Å². The maximum absolute atomic E-state index is 12.1. The van der Waals surface area contributed by atoms with Gasteiger partial charge in [0.2, 0.25) is 15.9 Å². The molecule has 1 unspecified atom stereocenters. The lowest BCUT2D eigenvalue weighted by Crippen LogP contribution is -2.41. The van der Waals surface area contributed by atoms with Gasteiger partial charge in [-0.25, -0.2) is 18.5 Å². The van der Waals surface area contributed by atoms with Gasteiger partial charge < -0.3 is 9.47 Å². The molecular weight excluding hydrogens is 292 g/mol. The van der Waals surface area contributed by atoms with E-state index < -0.39 is 10.0 Å². The zero-order chi connectivity index (χ0) is 15.3. The fourth-order valence-electron chi connectivity index (χ4n) is 2.72. The average Bonchev–Trinajstić information content (AvgIpc) is 2.90. The molecule has 1 fully saturated rings. The molecule has 7 nitrogen and oxygen atoms in total. The fourth-order valence-corrected chi connectivity index (χ4v) is 3.26. The molecule has 1 aliphatic heterocycles. The molecule has 1 amide bonds. The summed E-state index contributed by atoms with van der Waals surface area (Å²) in [6, 6.07) is 0. The highest BCUT2D eigenvalue weighted by Crippen LogP contribution is 2.19. The molecule has 1 aromatic rings. The van der Waals surface area contributed by atoms with Crippen LogP contribution in [0.1, 0.15) is 25.7 Å². The molecule has 0 radical (unpaired) electrons. The first kappa shape index (κ1) is 16.0. The lowest BCUT2D eigenvalue weighted by atomic mass is 9.97. The maximum atomic E-state index is 12.1. The van der Waals surface area contributed by atoms with Crippen LogP contribution in [-0.2, 0) is 21.4 Å². The first-order valence-electron chi connectivity index (χ1n) is 7.18. The average molecular weight is 314 g/mol. The van der Waals surface area contributed by atoms with Crippen LogP contribution in [0, 0.1) is 5.92 Å². The lowest BCUT2D eigenvalue weighted by Gasteiger charge is -2.33. The fraction of sp³-hybridized carbons (Fsp3) is 0.692. The van der Waals surface area contributed by atoms with Gasteiger partial charge in [0.1, 0.15) is 0 Å². The number of likely N-dealkylation sites (tertiary alicyclic amines) is 1. The summed E-state index contributed by atoms with van der Waals surface area (Å²) in [7, 11) is -3.48. The van der Waals surface area contributed by atoms with Crippen LogP contribution in [0.4, 0.5) is 0 Å². The third-order valence-corrected chi connectivity index (χ3v) is 4.58. The number of nitrogens with zero attached hydrogens (tertiary/aromatic N) is 3. The molecule has 0 spiro atoms. The quantitative estimate of drug-likeness (QED) is 0.810. The Labute approximate surface area is 125 Å². The Kier molecular flexibility index (Phi) is 5.35. The molecule has 8 heteroatoms. The molecule has 1 aliphatic rings. The number of amides is 1. The van der Waals surface area contributed by atoms with Crippen molar-refractivity contribution in [1.82, 2.24) is 14.5 Å². The van der Waals surface area contributed by atoms with Crippen molar-refractivity contribution >= 4 is 15.9 Å². The molecule has 1 saturated heterocycles. The van der Waals surface area contributed by atoms with E-state index in [1.165, 1.54) is 0 Å². The Morgan fingerprint density at radius 1 is 1.43 bits per heavy atom. The summed E-state index contributed by atoms with van der Waals surface area (Å²) < 4.78 is 23.8. The van der Waals surface area contributed by atoms with Crippen molar-refractivity contribution in [2.75, 3.05) is 18.8 Å². The topological polar surface area (TPSA) is 98.3 Å². The minimum atomic E-state index is -3.48. The summed E-state index contributed by atoms with van der Waals surface area (Å²) in [5.74, 6) is 0.314. The van der Waals surface area contributed by atoms with Crippen molar-refractivity contribution in [1.29, 1.82) is 0 Å². The Bertz CT molecular complexity index is 556. The van der Waals surface area contributed by atoms with Gasteiger partial charge in [0.25, 0.3) is 0 Å². The van der Waals surface area contributed by atoms with Gasteiger partial charge in [0.05, 0.1) is 12.1 Å². The number of primary sulfonamides is 1. The van der Waals surface area contributed by atoms with Crippen LogP contribution in [0.25, 0.3) is 0 Å². The molecule has 1 atom stereocenters. The predicted octanol–water partition coefficient (Wildman–Crippen LogP) is 0.190. The first-order chi connectivity index (χ1) is 9.94. The van der Waals surface area contributed by atoms with Crippen molar-refractivity contribution in [3.63, 3.8) is 0 Å². The second-order valence-electron chi connectivity index (χ2n) is 5.58. The summed E-state index contributed by atoms with van der Waals surface area (Å²) in [6.07, 6.45) is 8.08. The molecule has 21 heavy (non-hydrogen) atoms. The number of carbonyl (C=O) groups is 1. The molecule has 0 saturated carbocycles. The summed E-state index contributed by atoms with van der Waals surface area (Å²) in [5.41, 5.74) is 0. The van der Waals surface area contributed by atoms with Crippen LogP contribution in [0.5, 0.6) is 0 Å². The maximum Gasteiger partial charge on any atom is 0.222 e. The number of rotatable bonds is 6. The third kappa shape index (κ3) is 5.47. The number of aromatic nitrogens is 2. The van der Waals surface area contributed by atoms with Gasteiger partial charge >= 0.3 is 0 Å². The van der Waals surface area contributed by atoms with Crippen molar-refractivity contribution in [2.45, 2.75) is 32.2 Å². The van der Waals surface area contributed by atoms with Gasteiger partial charge in [0, 0.05) is 38.4 Å². The van der Waals surface area contributed by atoms with Crippen LogP contribution in [0.15, 0.2) is 18.7 Å². The predicted molar refractivity (Wildman–Crippen MR) is 78.7 cm³/mol. The Morgan fingerprint density at radius 3 is 2.90 bits per heavy atom. The Balaban J connectivity index is 1.78. The van der Waals surface area contributed by atoms with E-state index in [0.29, 0.717) is 12.3 Å². The largest absolute Gasteiger partial charge is 0.342 e. The molecule has 1 aromatic heterocycles. The summed E-state index contributed by atoms with van der Waals surface area (Å²) in [4.78, 5) is 18.0. The number of nitrogens with two attached hydrogens (primary N) is 1. The first-order valence-corrected chi connectivity index (χ1v) is 8.89. The van der Waals surface area contributed by atoms with E-state index in [-0.39, 0.29) is 18.1 Å². The normalized spacial score (nSPS) is 19.7. The van der Waals surface area contributed by atoms with E-state index in [4.69, 9.17) is 5.14 Å². The van der Waals surface area contributed by atoms with Gasteiger partial charge in [-0.1, -0.05) is 0 Å². The minimum Gasteiger partial charge on any atom is -0.342 e. The second kappa shape index (κ2) is 7.04. The zero-order valence-electron chi connectivity index (χ0n) is 12.0. The minimum absolute atomic E-state index is 0.0222. The van der Waals surface area contributed by atoms with E-state index in [0.717, 1.165) is 32.5 Å². The lowest BCUT2D eigenvalue weighted by molar-refractivity contribution is -0.133. The summed E-state index contributed by atoms with van der Waals surface area (Å²) >= 11 is 0. The van der Waals surface area contributed by atoms with Crippen molar-refractivity contribution in [3.8, 4) is 0 Å². The molecule has 0 aromatic carbocycles. The number of piperidine rings is 1. The molecular formula is C13H22N4O3S. The van der Waals surface area contributed by atoms with Crippen molar-refractivity contribution in [3.05, 3.63) is 18.7 Å². The zero-order valence-corrected chi connectivity index (χ0v) is 12.8. The van der Waals surface area contributed by atoms with Crippen molar-refractivity contribution in [2.24, 2.45) is 11.1 Å². The van der Waals surface area contributed by atoms with Crippen LogP contribution in [0.2, 0.25) is 0 Å². The van der Waals surface area contributed by atoms with Gasteiger partial charge in [-0.05, 0) is 25.2 Å². The van der Waals surface area contributed by atoms with Gasteiger partial charge in [0.15, 0.2) is 0 Å². The summed E-state index contributed by atoms with van der Waals surface area (Å²) in [6.45, 7) is 2.35.